The molecular weight excluding hydrogens is 316 g/mol. The molecule has 6 nitrogen and oxygen atoms in total. The molecule has 136 valence electrons. The summed E-state index contributed by atoms with van der Waals surface area (Å²) in [5.74, 6) is 1.43. The van der Waals surface area contributed by atoms with E-state index in [0.29, 0.717) is 5.92 Å². The molecule has 0 saturated carbocycles. The van der Waals surface area contributed by atoms with Crippen LogP contribution >= 0.6 is 0 Å². The van der Waals surface area contributed by atoms with Gasteiger partial charge in [-0.05, 0) is 44.8 Å². The number of ether oxygens (including phenoxy) is 2. The molecule has 2 N–H and O–H groups in total. The fourth-order valence-electron chi connectivity index (χ4n) is 3.00. The third-order valence-corrected chi connectivity index (χ3v) is 4.55. The predicted octanol–water partition coefficient (Wildman–Crippen LogP) is 2.14. The van der Waals surface area contributed by atoms with Crippen LogP contribution in [0, 0.1) is 5.92 Å². The van der Waals surface area contributed by atoms with E-state index in [1.807, 2.05) is 25.4 Å². The molecule has 1 atom stereocenters. The van der Waals surface area contributed by atoms with Crippen molar-refractivity contribution >= 4 is 0 Å². The molecule has 0 amide bonds. The summed E-state index contributed by atoms with van der Waals surface area (Å²) < 4.78 is 11.3. The van der Waals surface area contributed by atoms with E-state index in [9.17, 15) is 0 Å². The SMILES string of the molecule is CNCCN(C)Cc1cn[nH]c1-c1ccc(OCC2CCOC2)cc1. The molecule has 25 heavy (non-hydrogen) atoms. The number of nitrogens with one attached hydrogen (secondary N) is 2. The molecular formula is C19H28N4O2. The fourth-order valence-corrected chi connectivity index (χ4v) is 3.00. The second-order valence-electron chi connectivity index (χ2n) is 6.68. The van der Waals surface area contributed by atoms with E-state index < -0.39 is 0 Å². The van der Waals surface area contributed by atoms with Gasteiger partial charge in [0.2, 0.25) is 0 Å². The Bertz CT molecular complexity index is 635. The number of aromatic amines is 1. The Labute approximate surface area is 149 Å². The van der Waals surface area contributed by atoms with Gasteiger partial charge in [-0.15, -0.1) is 0 Å². The number of aromatic nitrogens is 2. The van der Waals surface area contributed by atoms with Crippen LogP contribution in [0.4, 0.5) is 0 Å². The number of hydrogen-bond acceptors (Lipinski definition) is 5. The van der Waals surface area contributed by atoms with Gasteiger partial charge in [-0.2, -0.15) is 5.10 Å². The maximum Gasteiger partial charge on any atom is 0.119 e. The van der Waals surface area contributed by atoms with Crippen LogP contribution in [-0.4, -0.2) is 62.1 Å². The van der Waals surface area contributed by atoms with Crippen molar-refractivity contribution < 1.29 is 9.47 Å². The molecule has 0 radical (unpaired) electrons. The first-order valence-electron chi connectivity index (χ1n) is 8.92. The highest BCUT2D eigenvalue weighted by Crippen LogP contribution is 2.25. The highest BCUT2D eigenvalue weighted by Gasteiger charge is 2.16. The van der Waals surface area contributed by atoms with Gasteiger partial charge in [-0.25, -0.2) is 0 Å². The van der Waals surface area contributed by atoms with Gasteiger partial charge in [0.05, 0.1) is 25.1 Å². The van der Waals surface area contributed by atoms with Crippen LogP contribution in [0.5, 0.6) is 5.75 Å². The van der Waals surface area contributed by atoms with Crippen LogP contribution < -0.4 is 10.1 Å². The number of benzene rings is 1. The zero-order valence-electron chi connectivity index (χ0n) is 15.1. The summed E-state index contributed by atoms with van der Waals surface area (Å²) in [4.78, 5) is 2.28. The van der Waals surface area contributed by atoms with Crippen LogP contribution in [0.1, 0.15) is 12.0 Å². The maximum absolute atomic E-state index is 5.88. The normalized spacial score (nSPS) is 17.3. The number of hydrogen-bond donors (Lipinski definition) is 2. The summed E-state index contributed by atoms with van der Waals surface area (Å²) in [5, 5.41) is 10.5. The molecule has 1 unspecified atom stereocenters. The van der Waals surface area contributed by atoms with E-state index in [-0.39, 0.29) is 0 Å². The quantitative estimate of drug-likeness (QED) is 0.730. The van der Waals surface area contributed by atoms with Gasteiger partial charge < -0.3 is 19.7 Å². The lowest BCUT2D eigenvalue weighted by Gasteiger charge is -2.16. The van der Waals surface area contributed by atoms with E-state index in [0.717, 1.165) is 62.9 Å². The lowest BCUT2D eigenvalue weighted by Crippen LogP contribution is -2.26. The summed E-state index contributed by atoms with van der Waals surface area (Å²) in [7, 11) is 4.10. The van der Waals surface area contributed by atoms with E-state index in [2.05, 4.69) is 39.6 Å². The molecule has 0 spiro atoms. The highest BCUT2D eigenvalue weighted by molar-refractivity contribution is 5.63. The van der Waals surface area contributed by atoms with Gasteiger partial charge in [0.25, 0.3) is 0 Å². The zero-order chi connectivity index (χ0) is 17.5. The first-order valence-corrected chi connectivity index (χ1v) is 8.92. The minimum Gasteiger partial charge on any atom is -0.493 e. The number of nitrogens with zero attached hydrogens (tertiary/aromatic N) is 2. The van der Waals surface area contributed by atoms with Crippen molar-refractivity contribution in [1.82, 2.24) is 20.4 Å². The molecule has 6 heteroatoms. The van der Waals surface area contributed by atoms with Crippen LogP contribution in [0.25, 0.3) is 11.3 Å². The third-order valence-electron chi connectivity index (χ3n) is 4.55. The second-order valence-corrected chi connectivity index (χ2v) is 6.68. The molecule has 1 saturated heterocycles. The number of rotatable bonds is 9. The maximum atomic E-state index is 5.88. The largest absolute Gasteiger partial charge is 0.493 e. The zero-order valence-corrected chi connectivity index (χ0v) is 15.1. The third kappa shape index (κ3) is 5.04. The molecule has 1 aromatic heterocycles. The monoisotopic (exact) mass is 344 g/mol. The predicted molar refractivity (Wildman–Crippen MR) is 98.7 cm³/mol. The van der Waals surface area contributed by atoms with Crippen molar-refractivity contribution in [2.24, 2.45) is 5.92 Å². The van der Waals surface area contributed by atoms with Crippen molar-refractivity contribution in [3.8, 4) is 17.0 Å². The summed E-state index contributed by atoms with van der Waals surface area (Å²) in [6.45, 7) is 5.24. The Morgan fingerprint density at radius 2 is 2.20 bits per heavy atom. The minimum absolute atomic E-state index is 0.520. The van der Waals surface area contributed by atoms with Crippen molar-refractivity contribution in [2.45, 2.75) is 13.0 Å². The molecule has 2 aromatic rings. The lowest BCUT2D eigenvalue weighted by molar-refractivity contribution is 0.167. The Morgan fingerprint density at radius 3 is 2.92 bits per heavy atom. The molecule has 2 heterocycles. The van der Waals surface area contributed by atoms with Crippen molar-refractivity contribution in [1.29, 1.82) is 0 Å². The van der Waals surface area contributed by atoms with E-state index in [1.165, 1.54) is 5.56 Å². The van der Waals surface area contributed by atoms with Gasteiger partial charge in [-0.1, -0.05) is 0 Å². The molecule has 0 aliphatic carbocycles. The van der Waals surface area contributed by atoms with Gasteiger partial charge in [0, 0.05) is 43.3 Å². The van der Waals surface area contributed by atoms with Gasteiger partial charge in [0.15, 0.2) is 0 Å². The second kappa shape index (κ2) is 8.99. The standard InChI is InChI=1S/C19H28N4O2/c1-20-8-9-23(2)12-17-11-21-22-19(17)16-3-5-18(6-4-16)25-14-15-7-10-24-13-15/h3-6,11,15,20H,7-10,12-14H2,1-2H3,(H,21,22). The molecule has 1 aromatic carbocycles. The van der Waals surface area contributed by atoms with E-state index >= 15 is 0 Å². The Balaban J connectivity index is 1.59. The molecule has 1 aliphatic heterocycles. The Morgan fingerprint density at radius 1 is 1.36 bits per heavy atom. The summed E-state index contributed by atoms with van der Waals surface area (Å²) in [5.41, 5.74) is 3.41. The van der Waals surface area contributed by atoms with Crippen LogP contribution in [-0.2, 0) is 11.3 Å². The summed E-state index contributed by atoms with van der Waals surface area (Å²) in [6.07, 6.45) is 3.01. The average Bonchev–Trinajstić information content (AvgIpc) is 3.30. The first kappa shape index (κ1) is 17.9. The number of likely N-dealkylation sites (N-methyl/N-ethyl adjacent to an activating group) is 2. The topological polar surface area (TPSA) is 62.4 Å². The first-order chi connectivity index (χ1) is 12.3. The van der Waals surface area contributed by atoms with Crippen LogP contribution in [0.15, 0.2) is 30.5 Å². The van der Waals surface area contributed by atoms with E-state index in [1.54, 1.807) is 0 Å². The number of H-pyrrole nitrogens is 1. The highest BCUT2D eigenvalue weighted by atomic mass is 16.5. The van der Waals surface area contributed by atoms with Crippen molar-refractivity contribution in [2.75, 3.05) is 47.0 Å². The summed E-state index contributed by atoms with van der Waals surface area (Å²) >= 11 is 0. The van der Waals surface area contributed by atoms with Gasteiger partial charge in [0.1, 0.15) is 5.75 Å². The van der Waals surface area contributed by atoms with Gasteiger partial charge >= 0.3 is 0 Å². The van der Waals surface area contributed by atoms with Crippen molar-refractivity contribution in [3.63, 3.8) is 0 Å². The van der Waals surface area contributed by atoms with Crippen LogP contribution in [0.2, 0.25) is 0 Å². The summed E-state index contributed by atoms with van der Waals surface area (Å²) in [6, 6.07) is 8.23. The van der Waals surface area contributed by atoms with Crippen molar-refractivity contribution in [3.05, 3.63) is 36.0 Å². The molecule has 0 bridgehead atoms. The minimum atomic E-state index is 0.520. The molecule has 1 fully saturated rings. The van der Waals surface area contributed by atoms with Gasteiger partial charge in [-0.3, -0.25) is 5.10 Å². The fraction of sp³-hybridized carbons (Fsp3) is 0.526. The molecule has 1 aliphatic rings. The molecule has 3 rings (SSSR count). The lowest BCUT2D eigenvalue weighted by atomic mass is 10.1. The van der Waals surface area contributed by atoms with Crippen LogP contribution in [0.3, 0.4) is 0 Å². The Hall–Kier alpha value is -1.89. The van der Waals surface area contributed by atoms with E-state index in [4.69, 9.17) is 9.47 Å². The average molecular weight is 344 g/mol. The Kier molecular flexibility index (Phi) is 6.44. The smallest absolute Gasteiger partial charge is 0.119 e.